The lowest BCUT2D eigenvalue weighted by Gasteiger charge is -2.35. The lowest BCUT2D eigenvalue weighted by molar-refractivity contribution is -0.241. The number of benzene rings is 1. The molecule has 1 aliphatic rings. The Balaban J connectivity index is 2.41. The zero-order valence-electron chi connectivity index (χ0n) is 13.0. The molecule has 1 heterocycles. The Hall–Kier alpha value is -2.11. The molecule has 1 atom stereocenters. The molecule has 22 heavy (non-hydrogen) atoms. The highest BCUT2D eigenvalue weighted by atomic mass is 19.1. The van der Waals surface area contributed by atoms with Crippen molar-refractivity contribution in [2.45, 2.75) is 38.9 Å². The summed E-state index contributed by atoms with van der Waals surface area (Å²) in [5.74, 6) is -5.07. The van der Waals surface area contributed by atoms with Crippen molar-refractivity contribution in [2.24, 2.45) is 5.92 Å². The summed E-state index contributed by atoms with van der Waals surface area (Å²) in [7, 11) is 1.36. The summed E-state index contributed by atoms with van der Waals surface area (Å²) in [4.78, 5) is 24.4. The summed E-state index contributed by atoms with van der Waals surface area (Å²) in [6, 6.07) is 4.63. The SMILES string of the molecule is CCC(c1cccc(OC)c1F)C1C(=O)OC(C)(C)OC1=O. The van der Waals surface area contributed by atoms with Gasteiger partial charge in [-0.1, -0.05) is 19.1 Å². The van der Waals surface area contributed by atoms with Crippen molar-refractivity contribution in [3.63, 3.8) is 0 Å². The van der Waals surface area contributed by atoms with Crippen LogP contribution in [0.5, 0.6) is 5.75 Å². The lowest BCUT2D eigenvalue weighted by Crippen LogP contribution is -2.48. The highest BCUT2D eigenvalue weighted by molar-refractivity contribution is 5.97. The number of ether oxygens (including phenoxy) is 3. The van der Waals surface area contributed by atoms with Crippen molar-refractivity contribution in [2.75, 3.05) is 7.11 Å². The van der Waals surface area contributed by atoms with Crippen LogP contribution in [-0.4, -0.2) is 24.8 Å². The maximum absolute atomic E-state index is 14.4. The van der Waals surface area contributed by atoms with Crippen molar-refractivity contribution in [1.29, 1.82) is 0 Å². The van der Waals surface area contributed by atoms with Crippen molar-refractivity contribution >= 4 is 11.9 Å². The summed E-state index contributed by atoms with van der Waals surface area (Å²) in [5.41, 5.74) is 0.237. The molecule has 2 rings (SSSR count). The predicted octanol–water partition coefficient (Wildman–Crippen LogP) is 2.78. The third-order valence-electron chi connectivity index (χ3n) is 3.66. The summed E-state index contributed by atoms with van der Waals surface area (Å²) in [6.07, 6.45) is 0.374. The van der Waals surface area contributed by atoms with E-state index in [0.29, 0.717) is 6.42 Å². The Morgan fingerprint density at radius 2 is 1.86 bits per heavy atom. The first-order valence-electron chi connectivity index (χ1n) is 7.08. The Bertz CT molecular complexity index is 576. The van der Waals surface area contributed by atoms with Crippen LogP contribution in [-0.2, 0) is 19.1 Å². The van der Waals surface area contributed by atoms with Gasteiger partial charge in [0.15, 0.2) is 17.5 Å². The van der Waals surface area contributed by atoms with Crippen molar-refractivity contribution in [3.05, 3.63) is 29.6 Å². The quantitative estimate of drug-likeness (QED) is 0.632. The first kappa shape index (κ1) is 16.3. The van der Waals surface area contributed by atoms with Gasteiger partial charge in [0.2, 0.25) is 0 Å². The van der Waals surface area contributed by atoms with Gasteiger partial charge in [0.25, 0.3) is 5.79 Å². The number of carbonyl (C=O) groups excluding carboxylic acids is 2. The zero-order chi connectivity index (χ0) is 16.5. The fraction of sp³-hybridized carbons (Fsp3) is 0.500. The van der Waals surface area contributed by atoms with Gasteiger partial charge in [-0.2, -0.15) is 0 Å². The van der Waals surface area contributed by atoms with Gasteiger partial charge in [-0.05, 0) is 18.1 Å². The standard InChI is InChI=1S/C16H19FO5/c1-5-9(10-7-6-8-11(20-4)13(10)17)12-14(18)21-16(2,3)22-15(12)19/h6-9,12H,5H2,1-4H3. The smallest absolute Gasteiger partial charge is 0.324 e. The van der Waals surface area contributed by atoms with Crippen LogP contribution in [0.15, 0.2) is 18.2 Å². The van der Waals surface area contributed by atoms with E-state index in [2.05, 4.69) is 0 Å². The molecule has 120 valence electrons. The van der Waals surface area contributed by atoms with Crippen LogP contribution in [0.3, 0.4) is 0 Å². The lowest BCUT2D eigenvalue weighted by atomic mass is 9.83. The van der Waals surface area contributed by atoms with Gasteiger partial charge in [0, 0.05) is 19.8 Å². The second-order valence-corrected chi connectivity index (χ2v) is 5.60. The van der Waals surface area contributed by atoms with Crippen LogP contribution in [0.25, 0.3) is 0 Å². The highest BCUT2D eigenvalue weighted by Crippen LogP contribution is 2.38. The van der Waals surface area contributed by atoms with E-state index < -0.39 is 35.4 Å². The molecule has 0 aliphatic carbocycles. The van der Waals surface area contributed by atoms with E-state index in [0.717, 1.165) is 0 Å². The molecule has 0 spiro atoms. The third-order valence-corrected chi connectivity index (χ3v) is 3.66. The molecule has 0 amide bonds. The molecular formula is C16H19FO5. The molecule has 1 aliphatic heterocycles. The number of carbonyl (C=O) groups is 2. The summed E-state index contributed by atoms with van der Waals surface area (Å²) < 4.78 is 29.6. The molecule has 1 aromatic carbocycles. The average molecular weight is 310 g/mol. The van der Waals surface area contributed by atoms with E-state index in [4.69, 9.17) is 14.2 Å². The number of rotatable bonds is 4. The summed E-state index contributed by atoms with van der Waals surface area (Å²) in [6.45, 7) is 4.72. The van der Waals surface area contributed by atoms with E-state index in [1.54, 1.807) is 13.0 Å². The maximum Gasteiger partial charge on any atom is 0.324 e. The molecule has 0 saturated carbocycles. The number of hydrogen-bond donors (Lipinski definition) is 0. The molecule has 0 radical (unpaired) electrons. The van der Waals surface area contributed by atoms with Crippen LogP contribution < -0.4 is 4.74 Å². The number of hydrogen-bond acceptors (Lipinski definition) is 5. The van der Waals surface area contributed by atoms with Gasteiger partial charge in [-0.25, -0.2) is 4.39 Å². The molecule has 5 nitrogen and oxygen atoms in total. The average Bonchev–Trinajstić information content (AvgIpc) is 2.42. The Labute approximate surface area is 128 Å². The topological polar surface area (TPSA) is 61.8 Å². The first-order valence-corrected chi connectivity index (χ1v) is 7.08. The molecule has 6 heteroatoms. The molecule has 1 aromatic rings. The first-order chi connectivity index (χ1) is 10.3. The van der Waals surface area contributed by atoms with Crippen molar-refractivity contribution in [3.8, 4) is 5.75 Å². The van der Waals surface area contributed by atoms with Gasteiger partial charge in [-0.15, -0.1) is 0 Å². The number of cyclic esters (lactones) is 2. The second kappa shape index (κ2) is 5.94. The molecular weight excluding hydrogens is 291 g/mol. The number of methoxy groups -OCH3 is 1. The Kier molecular flexibility index (Phi) is 4.39. The van der Waals surface area contributed by atoms with Gasteiger partial charge in [0.05, 0.1) is 7.11 Å². The predicted molar refractivity (Wildman–Crippen MR) is 75.7 cm³/mol. The minimum absolute atomic E-state index is 0.0637. The van der Waals surface area contributed by atoms with Gasteiger partial charge in [0.1, 0.15) is 0 Å². The van der Waals surface area contributed by atoms with E-state index in [9.17, 15) is 14.0 Å². The molecule has 0 bridgehead atoms. The van der Waals surface area contributed by atoms with Crippen LogP contribution in [0.1, 0.15) is 38.7 Å². The van der Waals surface area contributed by atoms with Gasteiger partial charge in [-0.3, -0.25) is 9.59 Å². The van der Waals surface area contributed by atoms with Crippen molar-refractivity contribution < 1.29 is 28.2 Å². The Morgan fingerprint density at radius 1 is 1.27 bits per heavy atom. The van der Waals surface area contributed by atoms with Crippen molar-refractivity contribution in [1.82, 2.24) is 0 Å². The van der Waals surface area contributed by atoms with E-state index in [1.165, 1.54) is 33.1 Å². The van der Waals surface area contributed by atoms with Crippen LogP contribution in [0.4, 0.5) is 4.39 Å². The fourth-order valence-corrected chi connectivity index (χ4v) is 2.66. The molecule has 0 N–H and O–H groups in total. The third kappa shape index (κ3) is 2.91. The zero-order valence-corrected chi connectivity index (χ0v) is 13.0. The van der Waals surface area contributed by atoms with Crippen LogP contribution in [0.2, 0.25) is 0 Å². The molecule has 1 saturated heterocycles. The molecule has 1 unspecified atom stereocenters. The second-order valence-electron chi connectivity index (χ2n) is 5.60. The summed E-state index contributed by atoms with van der Waals surface area (Å²) in [5, 5.41) is 0. The van der Waals surface area contributed by atoms with Gasteiger partial charge < -0.3 is 14.2 Å². The molecule has 0 aromatic heterocycles. The van der Waals surface area contributed by atoms with E-state index in [-0.39, 0.29) is 11.3 Å². The fourth-order valence-electron chi connectivity index (χ4n) is 2.66. The summed E-state index contributed by atoms with van der Waals surface area (Å²) >= 11 is 0. The maximum atomic E-state index is 14.4. The highest BCUT2D eigenvalue weighted by Gasteiger charge is 2.47. The normalized spacial score (nSPS) is 19.3. The Morgan fingerprint density at radius 3 is 2.36 bits per heavy atom. The van der Waals surface area contributed by atoms with Gasteiger partial charge >= 0.3 is 11.9 Å². The van der Waals surface area contributed by atoms with Crippen LogP contribution in [0, 0.1) is 11.7 Å². The van der Waals surface area contributed by atoms with E-state index in [1.807, 2.05) is 0 Å². The largest absolute Gasteiger partial charge is 0.494 e. The minimum atomic E-state index is -1.30. The number of halogens is 1. The minimum Gasteiger partial charge on any atom is -0.494 e. The monoisotopic (exact) mass is 310 g/mol. The number of esters is 2. The molecule has 1 fully saturated rings. The van der Waals surface area contributed by atoms with E-state index >= 15 is 0 Å². The van der Waals surface area contributed by atoms with Crippen LogP contribution >= 0.6 is 0 Å².